The third-order valence-electron chi connectivity index (χ3n) is 13.8. The molecule has 0 fully saturated rings. The SMILES string of the molecule is COC(=O)c1ccc(I)cc1.COC(=O)c1ccc(N(Cc2ccccc2)Cc2ccccc2)cc1.Nc1ccccc1N.Nc1ccccc1NC(=O)c1ccc(N(Cc2ccccc2)Cc2ccccc2)cc1.c1ccc(CNCc2ccccc2)cc1. The first-order valence-corrected chi connectivity index (χ1v) is 30.3. The number of esters is 2. The molecule has 0 aliphatic rings. The highest BCUT2D eigenvalue weighted by atomic mass is 127. The number of methoxy groups -OCH3 is 2. The number of ether oxygens (including phenoxy) is 2. The maximum absolute atomic E-state index is 12.6. The summed E-state index contributed by atoms with van der Waals surface area (Å²) in [5, 5.41) is 6.30. The molecule has 0 bridgehead atoms. The number of para-hydroxylation sites is 4. The number of amides is 1. The highest BCUT2D eigenvalue weighted by Gasteiger charge is 2.14. The summed E-state index contributed by atoms with van der Waals surface area (Å²) in [4.78, 5) is 39.8. The lowest BCUT2D eigenvalue weighted by Crippen LogP contribution is -2.22. The van der Waals surface area contributed by atoms with Crippen LogP contribution in [-0.2, 0) is 48.7 Å². The monoisotopic (exact) mass is 1310 g/mol. The molecule has 0 aromatic heterocycles. The van der Waals surface area contributed by atoms with E-state index in [1.54, 1.807) is 36.4 Å². The molecule has 11 rings (SSSR count). The number of nitrogens with two attached hydrogens (primary N) is 3. The van der Waals surface area contributed by atoms with Crippen molar-refractivity contribution in [3.63, 3.8) is 0 Å². The fourth-order valence-corrected chi connectivity index (χ4v) is 9.36. The van der Waals surface area contributed by atoms with Gasteiger partial charge in [-0.2, -0.15) is 0 Å². The average molecular weight is 1310 g/mol. The maximum Gasteiger partial charge on any atom is 0.337 e. The van der Waals surface area contributed by atoms with Crippen molar-refractivity contribution < 1.29 is 23.9 Å². The molecular formula is C77H76IN7O5. The molecule has 0 saturated carbocycles. The number of carbonyl (C=O) groups is 3. The lowest BCUT2D eigenvalue weighted by molar-refractivity contribution is 0.0592. The first-order valence-electron chi connectivity index (χ1n) is 29.3. The van der Waals surface area contributed by atoms with Crippen LogP contribution >= 0.6 is 22.6 Å². The molecule has 456 valence electrons. The Labute approximate surface area is 543 Å². The van der Waals surface area contributed by atoms with Gasteiger partial charge in [0, 0.05) is 59.8 Å². The zero-order valence-corrected chi connectivity index (χ0v) is 52.8. The minimum absolute atomic E-state index is 0.179. The van der Waals surface area contributed by atoms with Gasteiger partial charge in [-0.15, -0.1) is 0 Å². The van der Waals surface area contributed by atoms with Crippen LogP contribution in [0, 0.1) is 3.57 Å². The number of nitrogens with one attached hydrogen (secondary N) is 2. The van der Waals surface area contributed by atoms with Crippen LogP contribution in [0.15, 0.2) is 303 Å². The number of benzene rings is 11. The first-order chi connectivity index (χ1) is 43.9. The van der Waals surface area contributed by atoms with Crippen LogP contribution in [0.3, 0.4) is 0 Å². The molecule has 0 spiro atoms. The number of hydrogen-bond donors (Lipinski definition) is 5. The molecule has 8 N–H and O–H groups in total. The summed E-state index contributed by atoms with van der Waals surface area (Å²) in [6.45, 7) is 5.01. The molecule has 1 amide bonds. The molecule has 0 atom stereocenters. The molecule has 13 heteroatoms. The molecule has 11 aromatic carbocycles. The van der Waals surface area contributed by atoms with Crippen LogP contribution in [0.1, 0.15) is 64.5 Å². The first kappa shape index (κ1) is 67.0. The molecule has 11 aromatic rings. The number of nitrogens with zero attached hydrogens (tertiary/aromatic N) is 2. The highest BCUT2D eigenvalue weighted by Crippen LogP contribution is 2.25. The largest absolute Gasteiger partial charge is 0.465 e. The minimum Gasteiger partial charge on any atom is -0.465 e. The van der Waals surface area contributed by atoms with Crippen molar-refractivity contribution in [2.24, 2.45) is 0 Å². The van der Waals surface area contributed by atoms with E-state index in [9.17, 15) is 14.4 Å². The normalized spacial score (nSPS) is 10.1. The van der Waals surface area contributed by atoms with Gasteiger partial charge in [-0.3, -0.25) is 4.79 Å². The summed E-state index contributed by atoms with van der Waals surface area (Å²) in [7, 11) is 2.77. The van der Waals surface area contributed by atoms with E-state index in [0.29, 0.717) is 39.4 Å². The Morgan fingerprint density at radius 1 is 0.344 bits per heavy atom. The Balaban J connectivity index is 0.000000173. The van der Waals surface area contributed by atoms with Gasteiger partial charge < -0.3 is 47.1 Å². The summed E-state index contributed by atoms with van der Waals surface area (Å²) in [6, 6.07) is 99.4. The Bertz CT molecular complexity index is 3690. The predicted octanol–water partition coefficient (Wildman–Crippen LogP) is 16.3. The molecule has 0 saturated heterocycles. The summed E-state index contributed by atoms with van der Waals surface area (Å²) < 4.78 is 10.4. The lowest BCUT2D eigenvalue weighted by Gasteiger charge is -2.25. The van der Waals surface area contributed by atoms with E-state index in [1.165, 1.54) is 47.6 Å². The fraction of sp³-hybridized carbons (Fsp3) is 0.104. The highest BCUT2D eigenvalue weighted by molar-refractivity contribution is 14.1. The van der Waals surface area contributed by atoms with E-state index in [2.05, 4.69) is 193 Å². The van der Waals surface area contributed by atoms with Crippen molar-refractivity contribution >= 4 is 74.6 Å². The Kier molecular flexibility index (Phi) is 27.8. The van der Waals surface area contributed by atoms with E-state index < -0.39 is 0 Å². The van der Waals surface area contributed by atoms with Crippen molar-refractivity contribution in [2.75, 3.05) is 46.5 Å². The maximum atomic E-state index is 12.6. The number of rotatable bonds is 18. The van der Waals surface area contributed by atoms with Gasteiger partial charge in [0.1, 0.15) is 0 Å². The Hall–Kier alpha value is -10.5. The topological polar surface area (TPSA) is 178 Å². The molecule has 0 radical (unpaired) electrons. The second-order valence-corrected chi connectivity index (χ2v) is 21.7. The molecule has 0 aliphatic heterocycles. The van der Waals surface area contributed by atoms with Gasteiger partial charge in [0.2, 0.25) is 0 Å². The molecular weight excluding hydrogens is 1230 g/mol. The van der Waals surface area contributed by atoms with Crippen molar-refractivity contribution in [3.05, 3.63) is 357 Å². The molecule has 90 heavy (non-hydrogen) atoms. The van der Waals surface area contributed by atoms with E-state index in [1.807, 2.05) is 121 Å². The summed E-state index contributed by atoms with van der Waals surface area (Å²) in [5.74, 6) is -0.785. The number of anilines is 6. The minimum atomic E-state index is -0.316. The standard InChI is InChI=1S/C27H25N3O.C22H21NO2.C14H15N.C8H7IO2.C6H8N2/c28-25-13-7-8-14-26(25)29-27(31)23-15-17-24(18-16-23)30(19-21-9-3-1-4-10-21)20-22-11-5-2-6-12-22;1-25-22(24)20-12-14-21(15-13-20)23(16-18-8-4-2-5-9-18)17-19-10-6-3-7-11-19;1-3-7-13(8-4-1)11-15-12-14-9-5-2-6-10-14;1-11-8(10)6-2-4-7(9)5-3-6;7-5-3-1-2-4-6(5)8/h1-18H,19-20,28H2,(H,29,31);2-15H,16-17H2,1H3;1-10,15H,11-12H2;2-5H,1H3;1-4H,7-8H2. The van der Waals surface area contributed by atoms with Crippen molar-refractivity contribution in [2.45, 2.75) is 39.3 Å². The number of nitrogen functional groups attached to an aromatic ring is 3. The number of halogens is 1. The molecule has 0 heterocycles. The summed E-state index contributed by atoms with van der Waals surface area (Å²) >= 11 is 2.18. The predicted molar refractivity (Wildman–Crippen MR) is 378 cm³/mol. The van der Waals surface area contributed by atoms with E-state index >= 15 is 0 Å². The quantitative estimate of drug-likeness (QED) is 0.0314. The van der Waals surface area contributed by atoms with Crippen LogP contribution in [0.4, 0.5) is 34.1 Å². The second-order valence-electron chi connectivity index (χ2n) is 20.5. The van der Waals surface area contributed by atoms with Gasteiger partial charge in [0.25, 0.3) is 5.91 Å². The van der Waals surface area contributed by atoms with Gasteiger partial charge in [0.15, 0.2) is 0 Å². The van der Waals surface area contributed by atoms with Crippen LogP contribution in [0.2, 0.25) is 0 Å². The van der Waals surface area contributed by atoms with Crippen LogP contribution in [0.5, 0.6) is 0 Å². The van der Waals surface area contributed by atoms with Gasteiger partial charge in [0.05, 0.1) is 48.1 Å². The smallest absolute Gasteiger partial charge is 0.337 e. The van der Waals surface area contributed by atoms with E-state index in [0.717, 1.165) is 54.2 Å². The lowest BCUT2D eigenvalue weighted by atomic mass is 10.1. The zero-order valence-electron chi connectivity index (χ0n) is 50.7. The molecule has 0 aliphatic carbocycles. The second kappa shape index (κ2) is 37.3. The third-order valence-corrected chi connectivity index (χ3v) is 14.5. The summed E-state index contributed by atoms with van der Waals surface area (Å²) in [6.07, 6.45) is 0. The fourth-order valence-electron chi connectivity index (χ4n) is 9.00. The van der Waals surface area contributed by atoms with Gasteiger partial charge in [-0.25, -0.2) is 9.59 Å². The van der Waals surface area contributed by atoms with Crippen molar-refractivity contribution in [1.82, 2.24) is 5.32 Å². The van der Waals surface area contributed by atoms with Crippen LogP contribution in [0.25, 0.3) is 0 Å². The van der Waals surface area contributed by atoms with Gasteiger partial charge in [-0.1, -0.05) is 206 Å². The number of carbonyl (C=O) groups excluding carboxylic acids is 3. The van der Waals surface area contributed by atoms with Crippen LogP contribution < -0.4 is 37.6 Å². The van der Waals surface area contributed by atoms with E-state index in [4.69, 9.17) is 21.9 Å². The Morgan fingerprint density at radius 3 is 0.933 bits per heavy atom. The summed E-state index contributed by atoms with van der Waals surface area (Å²) in [5.41, 5.74) is 30.7. The van der Waals surface area contributed by atoms with Crippen LogP contribution in [-0.4, -0.2) is 32.1 Å². The zero-order chi connectivity index (χ0) is 63.6. The third kappa shape index (κ3) is 23.3. The van der Waals surface area contributed by atoms with Gasteiger partial charge >= 0.3 is 11.9 Å². The average Bonchev–Trinajstić information content (AvgIpc) is 1.70. The number of hydrogen-bond acceptors (Lipinski definition) is 11. The van der Waals surface area contributed by atoms with Crippen molar-refractivity contribution in [1.29, 1.82) is 0 Å². The Morgan fingerprint density at radius 2 is 0.622 bits per heavy atom. The molecule has 12 nitrogen and oxygen atoms in total. The van der Waals surface area contributed by atoms with Crippen molar-refractivity contribution in [3.8, 4) is 0 Å². The van der Waals surface area contributed by atoms with Gasteiger partial charge in [-0.05, 0) is 153 Å². The van der Waals surface area contributed by atoms with E-state index in [-0.39, 0.29) is 17.8 Å². The molecule has 0 unspecified atom stereocenters.